The molecule has 2 aromatic carbocycles. The highest BCUT2D eigenvalue weighted by Crippen LogP contribution is 2.37. The van der Waals surface area contributed by atoms with Crippen LogP contribution >= 0.6 is 0 Å². The van der Waals surface area contributed by atoms with Crippen LogP contribution in [0, 0.1) is 5.82 Å². The number of pyridine rings is 1. The van der Waals surface area contributed by atoms with Gasteiger partial charge in [0.2, 0.25) is 0 Å². The minimum Gasteiger partial charge on any atom is -0.265 e. The Bertz CT molecular complexity index is 999. The van der Waals surface area contributed by atoms with Gasteiger partial charge >= 0.3 is 0 Å². The van der Waals surface area contributed by atoms with Gasteiger partial charge in [-0.15, -0.1) is 0 Å². The standard InChI is InChI=1S/C24H21FN2/c1-16(2)17-3-5-19(6-4-17)23-15-22(18-11-13-26-14-12-18)24(27-23)20-7-9-21(25)10-8-20/h3-14,16H,15H2,1-2H3. The maximum absolute atomic E-state index is 13.4. The first-order valence-electron chi connectivity index (χ1n) is 9.19. The molecule has 0 amide bonds. The van der Waals surface area contributed by atoms with E-state index in [0.29, 0.717) is 5.92 Å². The van der Waals surface area contributed by atoms with Crippen LogP contribution in [0.3, 0.4) is 0 Å². The zero-order chi connectivity index (χ0) is 18.8. The molecule has 2 nitrogen and oxygen atoms in total. The molecule has 0 unspecified atom stereocenters. The maximum Gasteiger partial charge on any atom is 0.123 e. The first kappa shape index (κ1) is 17.3. The Labute approximate surface area is 159 Å². The summed E-state index contributed by atoms with van der Waals surface area (Å²) < 4.78 is 13.4. The molecule has 0 fully saturated rings. The van der Waals surface area contributed by atoms with Gasteiger partial charge in [0.15, 0.2) is 0 Å². The van der Waals surface area contributed by atoms with Crippen molar-refractivity contribution in [3.8, 4) is 0 Å². The Morgan fingerprint density at radius 1 is 0.778 bits per heavy atom. The number of halogens is 1. The van der Waals surface area contributed by atoms with Crippen LogP contribution in [0.2, 0.25) is 0 Å². The second-order valence-corrected chi connectivity index (χ2v) is 7.08. The Morgan fingerprint density at radius 3 is 2.04 bits per heavy atom. The van der Waals surface area contributed by atoms with E-state index in [1.807, 2.05) is 12.1 Å². The zero-order valence-electron chi connectivity index (χ0n) is 15.5. The van der Waals surface area contributed by atoms with Gasteiger partial charge in [0.1, 0.15) is 5.82 Å². The van der Waals surface area contributed by atoms with E-state index in [1.165, 1.54) is 17.7 Å². The second-order valence-electron chi connectivity index (χ2n) is 7.08. The molecule has 0 saturated heterocycles. The fraction of sp³-hybridized carbons (Fsp3) is 0.167. The van der Waals surface area contributed by atoms with E-state index >= 15 is 0 Å². The van der Waals surface area contributed by atoms with Crippen molar-refractivity contribution >= 4 is 17.0 Å². The molecule has 0 bridgehead atoms. The molecule has 4 rings (SSSR count). The lowest BCUT2D eigenvalue weighted by molar-refractivity contribution is 0.627. The molecular weight excluding hydrogens is 335 g/mol. The molecular formula is C24H21FN2. The molecule has 0 radical (unpaired) electrons. The summed E-state index contributed by atoms with van der Waals surface area (Å²) in [5, 5.41) is 0. The number of hydrogen-bond donors (Lipinski definition) is 0. The lowest BCUT2D eigenvalue weighted by Crippen LogP contribution is -1.99. The summed E-state index contributed by atoms with van der Waals surface area (Å²) in [5.41, 5.74) is 7.56. The van der Waals surface area contributed by atoms with Gasteiger partial charge in [-0.2, -0.15) is 0 Å². The molecule has 0 N–H and O–H groups in total. The van der Waals surface area contributed by atoms with Crippen molar-refractivity contribution in [2.75, 3.05) is 0 Å². The molecule has 134 valence electrons. The summed E-state index contributed by atoms with van der Waals surface area (Å²) in [6, 6.07) is 19.2. The Hall–Kier alpha value is -3.07. The number of nitrogens with zero attached hydrogens (tertiary/aromatic N) is 2. The quantitative estimate of drug-likeness (QED) is 0.554. The Balaban J connectivity index is 1.75. The third-order valence-electron chi connectivity index (χ3n) is 4.93. The first-order valence-corrected chi connectivity index (χ1v) is 9.19. The van der Waals surface area contributed by atoms with Crippen LogP contribution in [-0.2, 0) is 0 Å². The van der Waals surface area contributed by atoms with E-state index in [4.69, 9.17) is 4.99 Å². The Morgan fingerprint density at radius 2 is 1.41 bits per heavy atom. The van der Waals surface area contributed by atoms with Gasteiger partial charge in [0.05, 0.1) is 11.4 Å². The predicted molar refractivity (Wildman–Crippen MR) is 109 cm³/mol. The van der Waals surface area contributed by atoms with Crippen LogP contribution in [-0.4, -0.2) is 10.7 Å². The maximum atomic E-state index is 13.4. The molecule has 0 spiro atoms. The molecule has 0 aliphatic carbocycles. The smallest absolute Gasteiger partial charge is 0.123 e. The third-order valence-corrected chi connectivity index (χ3v) is 4.93. The van der Waals surface area contributed by atoms with Crippen LogP contribution in [0.5, 0.6) is 0 Å². The van der Waals surface area contributed by atoms with Crippen molar-refractivity contribution in [1.29, 1.82) is 0 Å². The third kappa shape index (κ3) is 3.59. The summed E-state index contributed by atoms with van der Waals surface area (Å²) in [5.74, 6) is 0.265. The zero-order valence-corrected chi connectivity index (χ0v) is 15.5. The minimum absolute atomic E-state index is 0.240. The van der Waals surface area contributed by atoms with Gasteiger partial charge in [-0.3, -0.25) is 9.98 Å². The highest BCUT2D eigenvalue weighted by molar-refractivity contribution is 6.16. The number of hydrogen-bond acceptors (Lipinski definition) is 2. The number of aromatic nitrogens is 1. The molecule has 0 saturated carbocycles. The first-order chi connectivity index (χ1) is 13.1. The van der Waals surface area contributed by atoms with Gasteiger partial charge in [-0.25, -0.2) is 4.39 Å². The number of allylic oxidation sites excluding steroid dienone is 1. The molecule has 27 heavy (non-hydrogen) atoms. The number of rotatable bonds is 4. The number of aliphatic imine (C=N–C) groups is 1. The van der Waals surface area contributed by atoms with Crippen LogP contribution in [0.4, 0.5) is 4.39 Å². The van der Waals surface area contributed by atoms with E-state index < -0.39 is 0 Å². The molecule has 1 aromatic heterocycles. The largest absolute Gasteiger partial charge is 0.265 e. The van der Waals surface area contributed by atoms with E-state index in [1.54, 1.807) is 24.5 Å². The van der Waals surface area contributed by atoms with Crippen LogP contribution in [0.15, 0.2) is 78.0 Å². The lowest BCUT2D eigenvalue weighted by atomic mass is 9.95. The molecule has 2 heterocycles. The molecule has 3 heteroatoms. The normalized spacial score (nSPS) is 14.0. The van der Waals surface area contributed by atoms with Crippen molar-refractivity contribution in [2.45, 2.75) is 26.2 Å². The average molecular weight is 356 g/mol. The molecule has 0 atom stereocenters. The minimum atomic E-state index is -0.240. The fourth-order valence-corrected chi connectivity index (χ4v) is 3.36. The predicted octanol–water partition coefficient (Wildman–Crippen LogP) is 6.11. The summed E-state index contributed by atoms with van der Waals surface area (Å²) in [7, 11) is 0. The summed E-state index contributed by atoms with van der Waals surface area (Å²) >= 11 is 0. The topological polar surface area (TPSA) is 25.2 Å². The van der Waals surface area contributed by atoms with Crippen molar-refractivity contribution in [3.05, 3.63) is 101 Å². The second kappa shape index (κ2) is 7.28. The summed E-state index contributed by atoms with van der Waals surface area (Å²) in [4.78, 5) is 9.06. The lowest BCUT2D eigenvalue weighted by Gasteiger charge is -2.08. The molecule has 1 aliphatic rings. The summed E-state index contributed by atoms with van der Waals surface area (Å²) in [6.45, 7) is 4.38. The highest BCUT2D eigenvalue weighted by atomic mass is 19.1. The van der Waals surface area contributed by atoms with Crippen molar-refractivity contribution in [2.24, 2.45) is 4.99 Å². The van der Waals surface area contributed by atoms with Gasteiger partial charge in [-0.1, -0.05) is 38.1 Å². The van der Waals surface area contributed by atoms with E-state index in [2.05, 4.69) is 43.1 Å². The molecule has 3 aromatic rings. The van der Waals surface area contributed by atoms with Crippen LogP contribution in [0.25, 0.3) is 11.3 Å². The van der Waals surface area contributed by atoms with Crippen molar-refractivity contribution in [3.63, 3.8) is 0 Å². The van der Waals surface area contributed by atoms with Crippen LogP contribution in [0.1, 0.15) is 48.4 Å². The SMILES string of the molecule is CC(C)c1ccc(C2=NC(c3ccc(F)cc3)=C(c3ccncc3)C2)cc1. The van der Waals surface area contributed by atoms with Crippen LogP contribution < -0.4 is 0 Å². The van der Waals surface area contributed by atoms with Gasteiger partial charge in [0, 0.05) is 24.4 Å². The van der Waals surface area contributed by atoms with Gasteiger partial charge < -0.3 is 0 Å². The van der Waals surface area contributed by atoms with Gasteiger partial charge in [0.25, 0.3) is 0 Å². The monoisotopic (exact) mass is 356 g/mol. The van der Waals surface area contributed by atoms with E-state index in [-0.39, 0.29) is 5.82 Å². The van der Waals surface area contributed by atoms with E-state index in [9.17, 15) is 4.39 Å². The highest BCUT2D eigenvalue weighted by Gasteiger charge is 2.22. The molecule has 1 aliphatic heterocycles. The van der Waals surface area contributed by atoms with E-state index in [0.717, 1.165) is 40.1 Å². The van der Waals surface area contributed by atoms with Crippen molar-refractivity contribution in [1.82, 2.24) is 4.98 Å². The Kier molecular flexibility index (Phi) is 4.68. The van der Waals surface area contributed by atoms with Crippen molar-refractivity contribution < 1.29 is 4.39 Å². The van der Waals surface area contributed by atoms with Gasteiger partial charge in [-0.05, 0) is 64.6 Å². The number of benzene rings is 2. The average Bonchev–Trinajstić information content (AvgIpc) is 3.15. The summed E-state index contributed by atoms with van der Waals surface area (Å²) in [6.07, 6.45) is 4.33. The fourth-order valence-electron chi connectivity index (χ4n) is 3.36.